The van der Waals surface area contributed by atoms with Crippen LogP contribution < -0.4 is 15.8 Å². The Hall–Kier alpha value is -1.55. The summed E-state index contributed by atoms with van der Waals surface area (Å²) in [6, 6.07) is 7.40. The zero-order valence-corrected chi connectivity index (χ0v) is 9.53. The number of amides is 1. The lowest BCUT2D eigenvalue weighted by Crippen LogP contribution is -2.16. The van der Waals surface area contributed by atoms with Crippen LogP contribution in [-0.4, -0.2) is 19.1 Å². The number of benzene rings is 1. The summed E-state index contributed by atoms with van der Waals surface area (Å²) in [6.07, 6.45) is 1.26. The number of hydrogen-bond donors (Lipinski definition) is 2. The van der Waals surface area contributed by atoms with Crippen molar-refractivity contribution in [1.29, 1.82) is 0 Å². The van der Waals surface area contributed by atoms with E-state index in [4.69, 9.17) is 10.5 Å². The fourth-order valence-corrected chi connectivity index (χ4v) is 1.25. The molecule has 0 bridgehead atoms. The van der Waals surface area contributed by atoms with E-state index in [1.165, 1.54) is 0 Å². The quantitative estimate of drug-likeness (QED) is 0.771. The van der Waals surface area contributed by atoms with E-state index in [2.05, 4.69) is 5.32 Å². The van der Waals surface area contributed by atoms with E-state index in [1.54, 1.807) is 0 Å². The molecule has 1 rings (SSSR count). The predicted molar refractivity (Wildman–Crippen MR) is 64.5 cm³/mol. The predicted octanol–water partition coefficient (Wildman–Crippen LogP) is 1.76. The number of nitrogens with two attached hydrogens (primary N) is 1. The molecule has 1 amide bonds. The van der Waals surface area contributed by atoms with Crippen molar-refractivity contribution in [1.82, 2.24) is 0 Å². The monoisotopic (exact) mass is 222 g/mol. The van der Waals surface area contributed by atoms with Crippen LogP contribution in [0.15, 0.2) is 24.3 Å². The number of carbonyl (C=O) groups is 1. The molecule has 1 aromatic carbocycles. The van der Waals surface area contributed by atoms with E-state index in [9.17, 15) is 4.79 Å². The third-order valence-corrected chi connectivity index (χ3v) is 1.99. The Morgan fingerprint density at radius 3 is 2.88 bits per heavy atom. The Morgan fingerprint density at radius 2 is 2.19 bits per heavy atom. The number of para-hydroxylation sites is 2. The third-order valence-electron chi connectivity index (χ3n) is 1.99. The van der Waals surface area contributed by atoms with Gasteiger partial charge in [0.05, 0.1) is 12.3 Å². The van der Waals surface area contributed by atoms with Crippen molar-refractivity contribution in [3.63, 3.8) is 0 Å². The summed E-state index contributed by atoms with van der Waals surface area (Å²) in [5.74, 6) is 0.616. The SMILES string of the molecule is CCCOc1ccccc1NC(=O)CCN. The maximum absolute atomic E-state index is 11.4. The van der Waals surface area contributed by atoms with Crippen LogP contribution in [-0.2, 0) is 4.79 Å². The summed E-state index contributed by atoms with van der Waals surface area (Å²) in [4.78, 5) is 11.4. The number of nitrogens with one attached hydrogen (secondary N) is 1. The number of hydrogen-bond acceptors (Lipinski definition) is 3. The topological polar surface area (TPSA) is 64.3 Å². The second kappa shape index (κ2) is 6.85. The van der Waals surface area contributed by atoms with Gasteiger partial charge in [0.2, 0.25) is 5.91 Å². The first-order chi connectivity index (χ1) is 7.77. The molecular weight excluding hydrogens is 204 g/mol. The lowest BCUT2D eigenvalue weighted by Gasteiger charge is -2.11. The van der Waals surface area contributed by atoms with Gasteiger partial charge in [0.1, 0.15) is 5.75 Å². The highest BCUT2D eigenvalue weighted by Gasteiger charge is 2.06. The Kier molecular flexibility index (Phi) is 5.36. The Labute approximate surface area is 95.8 Å². The van der Waals surface area contributed by atoms with Gasteiger partial charge in [0.25, 0.3) is 0 Å². The highest BCUT2D eigenvalue weighted by Crippen LogP contribution is 2.23. The number of rotatable bonds is 6. The molecule has 0 aromatic heterocycles. The first kappa shape index (κ1) is 12.5. The molecule has 0 heterocycles. The maximum Gasteiger partial charge on any atom is 0.225 e. The second-order valence-electron chi connectivity index (χ2n) is 3.43. The molecule has 0 aliphatic heterocycles. The van der Waals surface area contributed by atoms with E-state index >= 15 is 0 Å². The van der Waals surface area contributed by atoms with Crippen LogP contribution in [0.5, 0.6) is 5.75 Å². The largest absolute Gasteiger partial charge is 0.491 e. The molecule has 4 nitrogen and oxygen atoms in total. The Morgan fingerprint density at radius 1 is 1.44 bits per heavy atom. The van der Waals surface area contributed by atoms with E-state index < -0.39 is 0 Å². The normalized spacial score (nSPS) is 9.88. The molecule has 0 spiro atoms. The van der Waals surface area contributed by atoms with Crippen LogP contribution in [0.4, 0.5) is 5.69 Å². The number of anilines is 1. The first-order valence-electron chi connectivity index (χ1n) is 5.49. The molecule has 0 radical (unpaired) electrons. The summed E-state index contributed by atoms with van der Waals surface area (Å²) in [5, 5.41) is 2.78. The van der Waals surface area contributed by atoms with Crippen LogP contribution in [0.1, 0.15) is 19.8 Å². The molecular formula is C12H18N2O2. The molecule has 16 heavy (non-hydrogen) atoms. The minimum absolute atomic E-state index is 0.0879. The zero-order chi connectivity index (χ0) is 11.8. The number of ether oxygens (including phenoxy) is 1. The molecule has 4 heteroatoms. The van der Waals surface area contributed by atoms with Crippen LogP contribution >= 0.6 is 0 Å². The zero-order valence-electron chi connectivity index (χ0n) is 9.53. The minimum atomic E-state index is -0.0879. The fourth-order valence-electron chi connectivity index (χ4n) is 1.25. The highest BCUT2D eigenvalue weighted by molar-refractivity contribution is 5.92. The molecule has 0 unspecified atom stereocenters. The Balaban J connectivity index is 2.66. The molecule has 3 N–H and O–H groups in total. The van der Waals surface area contributed by atoms with Crippen molar-refractivity contribution < 1.29 is 9.53 Å². The Bertz CT molecular complexity index is 340. The molecule has 0 saturated carbocycles. The summed E-state index contributed by atoms with van der Waals surface area (Å²) in [7, 11) is 0. The lowest BCUT2D eigenvalue weighted by atomic mass is 10.2. The van der Waals surface area contributed by atoms with Gasteiger partial charge in [-0.05, 0) is 18.6 Å². The smallest absolute Gasteiger partial charge is 0.225 e. The first-order valence-corrected chi connectivity index (χ1v) is 5.49. The van der Waals surface area contributed by atoms with Gasteiger partial charge in [-0.15, -0.1) is 0 Å². The lowest BCUT2D eigenvalue weighted by molar-refractivity contribution is -0.116. The van der Waals surface area contributed by atoms with Crippen molar-refractivity contribution in [3.8, 4) is 5.75 Å². The molecule has 0 atom stereocenters. The van der Waals surface area contributed by atoms with Crippen molar-refractivity contribution in [3.05, 3.63) is 24.3 Å². The standard InChI is InChI=1S/C12H18N2O2/c1-2-9-16-11-6-4-3-5-10(11)14-12(15)7-8-13/h3-6H,2,7-9,13H2,1H3,(H,14,15). The van der Waals surface area contributed by atoms with Crippen molar-refractivity contribution >= 4 is 11.6 Å². The van der Waals surface area contributed by atoms with Crippen molar-refractivity contribution in [2.24, 2.45) is 5.73 Å². The molecule has 0 saturated heterocycles. The minimum Gasteiger partial charge on any atom is -0.491 e. The van der Waals surface area contributed by atoms with Gasteiger partial charge in [0.15, 0.2) is 0 Å². The van der Waals surface area contributed by atoms with Crippen molar-refractivity contribution in [2.45, 2.75) is 19.8 Å². The molecule has 0 aliphatic carbocycles. The van der Waals surface area contributed by atoms with E-state index in [1.807, 2.05) is 31.2 Å². The average molecular weight is 222 g/mol. The van der Waals surface area contributed by atoms with E-state index in [-0.39, 0.29) is 5.91 Å². The van der Waals surface area contributed by atoms with Gasteiger partial charge in [0, 0.05) is 13.0 Å². The summed E-state index contributed by atoms with van der Waals surface area (Å²) < 4.78 is 5.52. The average Bonchev–Trinajstić information content (AvgIpc) is 2.28. The summed E-state index contributed by atoms with van der Waals surface area (Å²) >= 11 is 0. The van der Waals surface area contributed by atoms with Gasteiger partial charge in [-0.3, -0.25) is 4.79 Å². The highest BCUT2D eigenvalue weighted by atomic mass is 16.5. The molecule has 1 aromatic rings. The van der Waals surface area contributed by atoms with Gasteiger partial charge in [-0.1, -0.05) is 19.1 Å². The van der Waals surface area contributed by atoms with E-state index in [0.717, 1.165) is 6.42 Å². The summed E-state index contributed by atoms with van der Waals surface area (Å²) in [6.45, 7) is 3.03. The fraction of sp³-hybridized carbons (Fsp3) is 0.417. The molecule has 0 fully saturated rings. The third kappa shape index (κ3) is 3.90. The number of carbonyl (C=O) groups excluding carboxylic acids is 1. The maximum atomic E-state index is 11.4. The summed E-state index contributed by atoms with van der Waals surface area (Å²) in [5.41, 5.74) is 6.01. The molecule has 0 aliphatic rings. The van der Waals surface area contributed by atoms with Crippen LogP contribution in [0.25, 0.3) is 0 Å². The second-order valence-corrected chi connectivity index (χ2v) is 3.43. The van der Waals surface area contributed by atoms with Crippen LogP contribution in [0.2, 0.25) is 0 Å². The van der Waals surface area contributed by atoms with Crippen LogP contribution in [0.3, 0.4) is 0 Å². The molecule has 88 valence electrons. The van der Waals surface area contributed by atoms with Gasteiger partial charge in [-0.2, -0.15) is 0 Å². The van der Waals surface area contributed by atoms with Gasteiger partial charge < -0.3 is 15.8 Å². The van der Waals surface area contributed by atoms with E-state index in [0.29, 0.717) is 31.0 Å². The van der Waals surface area contributed by atoms with Crippen LogP contribution in [0, 0.1) is 0 Å². The van der Waals surface area contributed by atoms with Crippen molar-refractivity contribution in [2.75, 3.05) is 18.5 Å². The van der Waals surface area contributed by atoms with Gasteiger partial charge in [-0.25, -0.2) is 0 Å². The van der Waals surface area contributed by atoms with Gasteiger partial charge >= 0.3 is 0 Å².